The fraction of sp³-hybridized carbons (Fsp3) is 0.125. The molecule has 2 aromatic carbocycles. The predicted octanol–water partition coefficient (Wildman–Crippen LogP) is 4.34. The highest BCUT2D eigenvalue weighted by atomic mass is 19.2. The van der Waals surface area contributed by atoms with E-state index in [1.165, 1.54) is 11.1 Å². The Morgan fingerprint density at radius 2 is 1.65 bits per heavy atom. The van der Waals surface area contributed by atoms with Crippen molar-refractivity contribution in [1.82, 2.24) is 9.97 Å². The first-order chi connectivity index (χ1) is 11.0. The zero-order valence-corrected chi connectivity index (χ0v) is 12.0. The molecule has 0 bridgehead atoms. The Labute approximate surface area is 129 Å². The van der Waals surface area contributed by atoms with Crippen LogP contribution in [0.25, 0.3) is 11.0 Å². The van der Waals surface area contributed by atoms with Crippen molar-refractivity contribution in [2.75, 3.05) is 11.4 Å². The Hall–Kier alpha value is -2.70. The van der Waals surface area contributed by atoms with Gasteiger partial charge < -0.3 is 4.90 Å². The van der Waals surface area contributed by atoms with E-state index in [2.05, 4.69) is 9.97 Å². The number of rotatable bonds is 3. The molecule has 7 heteroatoms. The minimum absolute atomic E-state index is 0.161. The Kier molecular flexibility index (Phi) is 3.85. The predicted molar refractivity (Wildman–Crippen MR) is 78.5 cm³/mol. The number of hydrogen-bond donors (Lipinski definition) is 0. The highest BCUT2D eigenvalue weighted by Crippen LogP contribution is 2.30. The summed E-state index contributed by atoms with van der Waals surface area (Å²) in [7, 11) is 0. The second kappa shape index (κ2) is 5.83. The van der Waals surface area contributed by atoms with E-state index in [-0.39, 0.29) is 12.4 Å². The molecule has 118 valence electrons. The average molecular weight is 321 g/mol. The van der Waals surface area contributed by atoms with Crippen LogP contribution in [0.3, 0.4) is 0 Å². The van der Waals surface area contributed by atoms with E-state index in [4.69, 9.17) is 0 Å². The molecule has 3 aromatic rings. The van der Waals surface area contributed by atoms with Gasteiger partial charge in [0.05, 0.1) is 22.9 Å². The molecule has 23 heavy (non-hydrogen) atoms. The van der Waals surface area contributed by atoms with Crippen LogP contribution in [0, 0.1) is 23.3 Å². The van der Waals surface area contributed by atoms with Gasteiger partial charge in [-0.15, -0.1) is 0 Å². The number of nitrogens with zero attached hydrogens (tertiary/aromatic N) is 3. The second-order valence-electron chi connectivity index (χ2n) is 4.78. The van der Waals surface area contributed by atoms with Crippen molar-refractivity contribution in [3.63, 3.8) is 0 Å². The molecule has 3 rings (SSSR count). The highest BCUT2D eigenvalue weighted by molar-refractivity contribution is 5.76. The first-order valence-corrected chi connectivity index (χ1v) is 6.85. The van der Waals surface area contributed by atoms with Gasteiger partial charge in [-0.2, -0.15) is 0 Å². The molecule has 0 aliphatic rings. The quantitative estimate of drug-likeness (QED) is 0.408. The Bertz CT molecular complexity index is 883. The average Bonchev–Trinajstić information content (AvgIpc) is 2.58. The van der Waals surface area contributed by atoms with E-state index in [1.807, 2.05) is 0 Å². The molecule has 0 atom stereocenters. The lowest BCUT2D eigenvalue weighted by Crippen LogP contribution is -2.20. The topological polar surface area (TPSA) is 29.0 Å². The molecule has 0 aliphatic carbocycles. The van der Waals surface area contributed by atoms with Crippen molar-refractivity contribution in [3.05, 3.63) is 59.8 Å². The van der Waals surface area contributed by atoms with E-state index < -0.39 is 29.0 Å². The molecular formula is C16H11F4N3. The molecule has 0 radical (unpaired) electrons. The molecule has 0 unspecified atom stereocenters. The summed E-state index contributed by atoms with van der Waals surface area (Å²) in [4.78, 5) is 9.71. The number of aromatic nitrogens is 2. The van der Waals surface area contributed by atoms with Crippen LogP contribution in [-0.4, -0.2) is 16.5 Å². The van der Waals surface area contributed by atoms with Crippen molar-refractivity contribution < 1.29 is 17.6 Å². The first kappa shape index (κ1) is 15.2. The smallest absolute Gasteiger partial charge is 0.199 e. The molecule has 0 saturated heterocycles. The molecule has 0 spiro atoms. The lowest BCUT2D eigenvalue weighted by atomic mass is 10.2. The number of fused-ring (bicyclic) bond motifs is 1. The zero-order chi connectivity index (χ0) is 16.6. The van der Waals surface area contributed by atoms with E-state index in [0.29, 0.717) is 17.1 Å². The van der Waals surface area contributed by atoms with Gasteiger partial charge in [0.25, 0.3) is 0 Å². The van der Waals surface area contributed by atoms with Crippen LogP contribution in [0.1, 0.15) is 6.92 Å². The summed E-state index contributed by atoms with van der Waals surface area (Å²) in [5, 5.41) is 0. The van der Waals surface area contributed by atoms with Crippen molar-refractivity contribution in [2.24, 2.45) is 0 Å². The van der Waals surface area contributed by atoms with Gasteiger partial charge in [0.2, 0.25) is 0 Å². The Morgan fingerprint density at radius 1 is 0.957 bits per heavy atom. The third-order valence-corrected chi connectivity index (χ3v) is 3.40. The second-order valence-corrected chi connectivity index (χ2v) is 4.78. The molecule has 0 N–H and O–H groups in total. The summed E-state index contributed by atoms with van der Waals surface area (Å²) in [5.74, 6) is -6.43. The maximum atomic E-state index is 14.0. The minimum Gasteiger partial charge on any atom is -0.323 e. The number of halogens is 4. The summed E-state index contributed by atoms with van der Waals surface area (Å²) in [6, 6.07) is 7.61. The van der Waals surface area contributed by atoms with Gasteiger partial charge in [-0.3, -0.25) is 4.98 Å². The summed E-state index contributed by atoms with van der Waals surface area (Å²) < 4.78 is 54.0. The maximum absolute atomic E-state index is 14.0. The molecule has 1 heterocycles. The van der Waals surface area contributed by atoms with Gasteiger partial charge >= 0.3 is 0 Å². The molecule has 0 fully saturated rings. The summed E-state index contributed by atoms with van der Waals surface area (Å²) in [6.45, 7) is 1.81. The maximum Gasteiger partial charge on any atom is 0.199 e. The highest BCUT2D eigenvalue weighted by Gasteiger charge is 2.23. The van der Waals surface area contributed by atoms with Gasteiger partial charge in [0.1, 0.15) is 0 Å². The van der Waals surface area contributed by atoms with Gasteiger partial charge in [-0.1, -0.05) is 12.1 Å². The lowest BCUT2D eigenvalue weighted by molar-refractivity contribution is 0.409. The molecule has 1 aromatic heterocycles. The van der Waals surface area contributed by atoms with E-state index in [1.54, 1.807) is 31.2 Å². The summed E-state index contributed by atoms with van der Waals surface area (Å²) >= 11 is 0. The van der Waals surface area contributed by atoms with Crippen LogP contribution in [0.15, 0.2) is 36.5 Å². The fourth-order valence-corrected chi connectivity index (χ4v) is 2.29. The zero-order valence-electron chi connectivity index (χ0n) is 12.0. The summed E-state index contributed by atoms with van der Waals surface area (Å²) in [6.07, 6.45) is 1.37. The standard InChI is InChI=1S/C16H11F4N3/c1-2-23(12-7-9(17)14(18)16(20)15(12)19)13-8-21-10-5-3-4-6-11(10)22-13/h3-8H,2H2,1H3. The van der Waals surface area contributed by atoms with Crippen molar-refractivity contribution in [3.8, 4) is 0 Å². The lowest BCUT2D eigenvalue weighted by Gasteiger charge is -2.23. The molecule has 3 nitrogen and oxygen atoms in total. The monoisotopic (exact) mass is 321 g/mol. The number of hydrogen-bond acceptors (Lipinski definition) is 3. The van der Waals surface area contributed by atoms with Crippen molar-refractivity contribution >= 4 is 22.5 Å². The number of benzene rings is 2. The van der Waals surface area contributed by atoms with Crippen LogP contribution in [0.5, 0.6) is 0 Å². The first-order valence-electron chi connectivity index (χ1n) is 6.85. The van der Waals surface area contributed by atoms with Gasteiger partial charge in [-0.25, -0.2) is 22.5 Å². The van der Waals surface area contributed by atoms with Gasteiger partial charge in [0, 0.05) is 12.6 Å². The molecule has 0 saturated carbocycles. The molecule has 0 aliphatic heterocycles. The largest absolute Gasteiger partial charge is 0.323 e. The molecular weight excluding hydrogens is 310 g/mol. The normalized spacial score (nSPS) is 11.0. The van der Waals surface area contributed by atoms with Crippen LogP contribution in [0.2, 0.25) is 0 Å². The molecule has 0 amide bonds. The summed E-state index contributed by atoms with van der Waals surface area (Å²) in [5.41, 5.74) is 0.740. The van der Waals surface area contributed by atoms with E-state index >= 15 is 0 Å². The van der Waals surface area contributed by atoms with Crippen LogP contribution >= 0.6 is 0 Å². The van der Waals surface area contributed by atoms with E-state index in [9.17, 15) is 17.6 Å². The van der Waals surface area contributed by atoms with Gasteiger partial charge in [-0.05, 0) is 19.1 Å². The Balaban J connectivity index is 2.15. The van der Waals surface area contributed by atoms with E-state index in [0.717, 1.165) is 0 Å². The minimum atomic E-state index is -1.85. The SMILES string of the molecule is CCN(c1cnc2ccccc2n1)c1cc(F)c(F)c(F)c1F. The number of anilines is 2. The third-order valence-electron chi connectivity index (χ3n) is 3.40. The Morgan fingerprint density at radius 3 is 2.35 bits per heavy atom. The number of para-hydroxylation sites is 2. The van der Waals surface area contributed by atoms with Crippen LogP contribution < -0.4 is 4.90 Å². The van der Waals surface area contributed by atoms with Crippen LogP contribution in [-0.2, 0) is 0 Å². The van der Waals surface area contributed by atoms with Crippen LogP contribution in [0.4, 0.5) is 29.1 Å². The van der Waals surface area contributed by atoms with Crippen molar-refractivity contribution in [1.29, 1.82) is 0 Å². The van der Waals surface area contributed by atoms with Gasteiger partial charge in [0.15, 0.2) is 29.1 Å². The third kappa shape index (κ3) is 2.58. The van der Waals surface area contributed by atoms with Crippen molar-refractivity contribution in [2.45, 2.75) is 6.92 Å². The fourth-order valence-electron chi connectivity index (χ4n) is 2.29.